The fourth-order valence-electron chi connectivity index (χ4n) is 3.88. The Hall–Kier alpha value is -2.28. The highest BCUT2D eigenvalue weighted by atomic mass is 16.5. The lowest BCUT2D eigenvalue weighted by Gasteiger charge is -2.25. The smallest absolute Gasteiger partial charge is 0.317 e. The average Bonchev–Trinajstić information content (AvgIpc) is 2.98. The van der Waals surface area contributed by atoms with Gasteiger partial charge in [0.15, 0.2) is 0 Å². The molecular weight excluding hydrogens is 356 g/mol. The van der Waals surface area contributed by atoms with Crippen LogP contribution in [0.15, 0.2) is 24.3 Å². The minimum atomic E-state index is -0.0449. The van der Waals surface area contributed by atoms with Gasteiger partial charge in [-0.05, 0) is 31.9 Å². The molecule has 3 rings (SSSR count). The maximum atomic E-state index is 12.6. The van der Waals surface area contributed by atoms with Crippen molar-refractivity contribution in [3.63, 3.8) is 0 Å². The fraction of sp³-hybridized carbons (Fsp3) is 0.619. The molecule has 1 atom stereocenters. The molecule has 1 N–H and O–H groups in total. The number of carbonyl (C=O) groups excluding carboxylic acids is 2. The van der Waals surface area contributed by atoms with Gasteiger partial charge >= 0.3 is 6.03 Å². The second-order valence-corrected chi connectivity index (χ2v) is 7.42. The van der Waals surface area contributed by atoms with Gasteiger partial charge in [0.1, 0.15) is 11.9 Å². The van der Waals surface area contributed by atoms with Crippen LogP contribution in [0.1, 0.15) is 25.8 Å². The van der Waals surface area contributed by atoms with E-state index in [2.05, 4.69) is 16.3 Å². The van der Waals surface area contributed by atoms with E-state index in [0.29, 0.717) is 26.2 Å². The summed E-state index contributed by atoms with van der Waals surface area (Å²) < 4.78 is 5.89. The van der Waals surface area contributed by atoms with E-state index in [0.717, 1.165) is 44.8 Å². The largest absolute Gasteiger partial charge is 0.488 e. The number of nitrogens with zero attached hydrogens (tertiary/aromatic N) is 3. The number of amides is 3. The molecule has 154 valence electrons. The summed E-state index contributed by atoms with van der Waals surface area (Å²) >= 11 is 0. The van der Waals surface area contributed by atoms with E-state index in [1.165, 1.54) is 5.56 Å². The standard InChI is InChI=1S/C21H32N4O3/c1-3-24(4-2)20(26)16-23-10-7-11-25(13-12-23)21(27)22-15-18-14-17-8-5-6-9-19(17)28-18/h5-6,8-9,18H,3-4,7,10-16H2,1-2H3,(H,22,27)/t18-/m1/s1. The Morgan fingerprint density at radius 2 is 1.93 bits per heavy atom. The van der Waals surface area contributed by atoms with Crippen molar-refractivity contribution in [1.29, 1.82) is 0 Å². The third-order valence-electron chi connectivity index (χ3n) is 5.55. The summed E-state index contributed by atoms with van der Waals surface area (Å²) in [4.78, 5) is 30.8. The topological polar surface area (TPSA) is 65.1 Å². The first-order chi connectivity index (χ1) is 13.6. The lowest BCUT2D eigenvalue weighted by atomic mass is 10.1. The number of benzene rings is 1. The zero-order valence-electron chi connectivity index (χ0n) is 17.0. The van der Waals surface area contributed by atoms with Gasteiger partial charge in [0.2, 0.25) is 5.91 Å². The number of urea groups is 1. The first kappa shape index (κ1) is 20.5. The van der Waals surface area contributed by atoms with E-state index in [9.17, 15) is 9.59 Å². The number of rotatable bonds is 6. The van der Waals surface area contributed by atoms with Gasteiger partial charge in [-0.15, -0.1) is 0 Å². The molecule has 1 saturated heterocycles. The molecule has 0 unspecified atom stereocenters. The summed E-state index contributed by atoms with van der Waals surface area (Å²) in [5, 5.41) is 3.02. The van der Waals surface area contributed by atoms with Gasteiger partial charge in [-0.2, -0.15) is 0 Å². The highest BCUT2D eigenvalue weighted by Crippen LogP contribution is 2.27. The highest BCUT2D eigenvalue weighted by molar-refractivity contribution is 5.78. The molecule has 7 heteroatoms. The fourth-order valence-corrected chi connectivity index (χ4v) is 3.88. The van der Waals surface area contributed by atoms with Crippen molar-refractivity contribution in [3.8, 4) is 5.75 Å². The van der Waals surface area contributed by atoms with Crippen molar-refractivity contribution in [1.82, 2.24) is 20.0 Å². The molecule has 1 aromatic carbocycles. The molecule has 0 aliphatic carbocycles. The Kier molecular flexibility index (Phi) is 7.14. The minimum absolute atomic E-state index is 0.00322. The number of para-hydroxylation sites is 1. The normalized spacial score (nSPS) is 19.5. The molecule has 0 aromatic heterocycles. The van der Waals surface area contributed by atoms with Crippen LogP contribution in [0, 0.1) is 0 Å². The molecule has 7 nitrogen and oxygen atoms in total. The summed E-state index contributed by atoms with van der Waals surface area (Å²) in [6.07, 6.45) is 1.71. The number of nitrogens with one attached hydrogen (secondary N) is 1. The maximum Gasteiger partial charge on any atom is 0.317 e. The molecule has 0 spiro atoms. The summed E-state index contributed by atoms with van der Waals surface area (Å²) in [6.45, 7) is 9.36. The van der Waals surface area contributed by atoms with Crippen LogP contribution in [0.4, 0.5) is 4.79 Å². The Bertz CT molecular complexity index is 652. The van der Waals surface area contributed by atoms with Crippen molar-refractivity contribution >= 4 is 11.9 Å². The van der Waals surface area contributed by atoms with Gasteiger partial charge in [0.05, 0.1) is 13.1 Å². The van der Waals surface area contributed by atoms with Crippen molar-refractivity contribution in [2.75, 3.05) is 52.4 Å². The first-order valence-electron chi connectivity index (χ1n) is 10.4. The second kappa shape index (κ2) is 9.78. The van der Waals surface area contributed by atoms with Gasteiger partial charge in [-0.1, -0.05) is 18.2 Å². The zero-order chi connectivity index (χ0) is 19.9. The van der Waals surface area contributed by atoms with E-state index in [1.54, 1.807) is 0 Å². The third-order valence-corrected chi connectivity index (χ3v) is 5.55. The molecule has 2 aliphatic rings. The molecule has 2 aliphatic heterocycles. The van der Waals surface area contributed by atoms with Crippen molar-refractivity contribution in [3.05, 3.63) is 29.8 Å². The average molecular weight is 389 g/mol. The van der Waals surface area contributed by atoms with E-state index in [1.807, 2.05) is 41.8 Å². The molecule has 2 heterocycles. The van der Waals surface area contributed by atoms with Gasteiger partial charge in [0, 0.05) is 45.7 Å². The first-order valence-corrected chi connectivity index (χ1v) is 10.4. The van der Waals surface area contributed by atoms with Crippen molar-refractivity contribution in [2.24, 2.45) is 0 Å². The van der Waals surface area contributed by atoms with E-state index < -0.39 is 0 Å². The SMILES string of the molecule is CCN(CC)C(=O)CN1CCCN(C(=O)NC[C@H]2Cc3ccccc3O2)CC1. The molecule has 1 fully saturated rings. The Labute approximate surface area is 167 Å². The Morgan fingerprint density at radius 3 is 2.68 bits per heavy atom. The number of hydrogen-bond acceptors (Lipinski definition) is 4. The van der Waals surface area contributed by atoms with E-state index >= 15 is 0 Å². The lowest BCUT2D eigenvalue weighted by molar-refractivity contribution is -0.132. The molecule has 28 heavy (non-hydrogen) atoms. The summed E-state index contributed by atoms with van der Waals surface area (Å²) in [5.41, 5.74) is 1.20. The molecule has 0 radical (unpaired) electrons. The van der Waals surface area contributed by atoms with E-state index in [-0.39, 0.29) is 18.0 Å². The zero-order valence-corrected chi connectivity index (χ0v) is 17.0. The Balaban J connectivity index is 1.41. The molecule has 1 aromatic rings. The molecule has 0 bridgehead atoms. The highest BCUT2D eigenvalue weighted by Gasteiger charge is 2.25. The maximum absolute atomic E-state index is 12.6. The van der Waals surface area contributed by atoms with Gasteiger partial charge < -0.3 is 19.9 Å². The number of hydrogen-bond donors (Lipinski definition) is 1. The van der Waals surface area contributed by atoms with Crippen LogP contribution in [-0.2, 0) is 11.2 Å². The quantitative estimate of drug-likeness (QED) is 0.804. The van der Waals surface area contributed by atoms with Crippen molar-refractivity contribution in [2.45, 2.75) is 32.8 Å². The molecular formula is C21H32N4O3. The molecule has 0 saturated carbocycles. The van der Waals surface area contributed by atoms with Gasteiger partial charge in [0.25, 0.3) is 0 Å². The van der Waals surface area contributed by atoms with Gasteiger partial charge in [-0.3, -0.25) is 9.69 Å². The predicted molar refractivity (Wildman–Crippen MR) is 109 cm³/mol. The van der Waals surface area contributed by atoms with Crippen LogP contribution in [0.2, 0.25) is 0 Å². The van der Waals surface area contributed by atoms with Crippen LogP contribution in [0.3, 0.4) is 0 Å². The monoisotopic (exact) mass is 388 g/mol. The second-order valence-electron chi connectivity index (χ2n) is 7.42. The van der Waals surface area contributed by atoms with Crippen LogP contribution in [-0.4, -0.2) is 85.1 Å². The predicted octanol–water partition coefficient (Wildman–Crippen LogP) is 1.58. The number of likely N-dealkylation sites (N-methyl/N-ethyl adjacent to an activating group) is 1. The van der Waals surface area contributed by atoms with Crippen LogP contribution < -0.4 is 10.1 Å². The van der Waals surface area contributed by atoms with Crippen LogP contribution >= 0.6 is 0 Å². The lowest BCUT2D eigenvalue weighted by Crippen LogP contribution is -2.45. The van der Waals surface area contributed by atoms with Crippen molar-refractivity contribution < 1.29 is 14.3 Å². The summed E-state index contributed by atoms with van der Waals surface area (Å²) in [6, 6.07) is 7.97. The number of carbonyl (C=O) groups is 2. The molecule has 3 amide bonds. The Morgan fingerprint density at radius 1 is 1.14 bits per heavy atom. The minimum Gasteiger partial charge on any atom is -0.488 e. The van der Waals surface area contributed by atoms with Gasteiger partial charge in [-0.25, -0.2) is 4.79 Å². The summed E-state index contributed by atoms with van der Waals surface area (Å²) in [7, 11) is 0. The number of fused-ring (bicyclic) bond motifs is 1. The number of ether oxygens (including phenoxy) is 1. The van der Waals surface area contributed by atoms with Crippen LogP contribution in [0.25, 0.3) is 0 Å². The third kappa shape index (κ3) is 5.16. The summed E-state index contributed by atoms with van der Waals surface area (Å²) in [5.74, 6) is 1.09. The van der Waals surface area contributed by atoms with Crippen LogP contribution in [0.5, 0.6) is 5.75 Å². The van der Waals surface area contributed by atoms with E-state index in [4.69, 9.17) is 4.74 Å².